The van der Waals surface area contributed by atoms with Gasteiger partial charge in [-0.05, 0) is 36.2 Å². The third-order valence-electron chi connectivity index (χ3n) is 3.48. The van der Waals surface area contributed by atoms with Gasteiger partial charge in [0.15, 0.2) is 0 Å². The van der Waals surface area contributed by atoms with Gasteiger partial charge in [0, 0.05) is 18.1 Å². The maximum absolute atomic E-state index is 9.18. The average Bonchev–Trinajstić information content (AvgIpc) is 2.53. The number of aryl methyl sites for hydroxylation is 1. The fourth-order valence-corrected chi connectivity index (χ4v) is 2.40. The maximum Gasteiger partial charge on any atom is 0.101 e. The smallest absolute Gasteiger partial charge is 0.101 e. The number of hydrogen-bond acceptors (Lipinski definition) is 3. The molecule has 0 spiro atoms. The van der Waals surface area contributed by atoms with Crippen molar-refractivity contribution < 1.29 is 0 Å². The molecule has 2 aromatic carbocycles. The molecule has 0 amide bonds. The molecule has 102 valence electrons. The van der Waals surface area contributed by atoms with Crippen LogP contribution in [0.4, 0.5) is 5.69 Å². The first kappa shape index (κ1) is 13.1. The lowest BCUT2D eigenvalue weighted by Gasteiger charge is -2.10. The van der Waals surface area contributed by atoms with Gasteiger partial charge in [0.05, 0.1) is 16.8 Å². The molecule has 1 heterocycles. The second-order valence-corrected chi connectivity index (χ2v) is 5.01. The van der Waals surface area contributed by atoms with Crippen molar-refractivity contribution in [2.75, 3.05) is 5.32 Å². The number of rotatable bonds is 3. The van der Waals surface area contributed by atoms with Crippen molar-refractivity contribution in [2.24, 2.45) is 0 Å². The molecule has 0 saturated carbocycles. The first-order chi connectivity index (χ1) is 10.3. The molecule has 0 radical (unpaired) electrons. The topological polar surface area (TPSA) is 48.7 Å². The van der Waals surface area contributed by atoms with Gasteiger partial charge in [0.25, 0.3) is 0 Å². The van der Waals surface area contributed by atoms with E-state index in [9.17, 15) is 5.26 Å². The fraction of sp³-hybridized carbons (Fsp3) is 0.111. The van der Waals surface area contributed by atoms with Crippen LogP contribution in [0.5, 0.6) is 0 Å². The average molecular weight is 273 g/mol. The monoisotopic (exact) mass is 273 g/mol. The van der Waals surface area contributed by atoms with Gasteiger partial charge in [-0.15, -0.1) is 0 Å². The zero-order valence-electron chi connectivity index (χ0n) is 11.8. The van der Waals surface area contributed by atoms with Crippen molar-refractivity contribution in [1.82, 2.24) is 4.98 Å². The van der Waals surface area contributed by atoms with E-state index in [-0.39, 0.29) is 0 Å². The van der Waals surface area contributed by atoms with E-state index in [0.29, 0.717) is 12.1 Å². The van der Waals surface area contributed by atoms with Crippen LogP contribution in [0.15, 0.2) is 54.7 Å². The normalized spacial score (nSPS) is 10.3. The molecular weight excluding hydrogens is 258 g/mol. The zero-order valence-corrected chi connectivity index (χ0v) is 11.8. The molecule has 0 saturated heterocycles. The highest BCUT2D eigenvalue weighted by Gasteiger charge is 2.05. The Bertz CT molecular complexity index is 826. The lowest BCUT2D eigenvalue weighted by molar-refractivity contribution is 1.15. The predicted molar refractivity (Wildman–Crippen MR) is 85.0 cm³/mol. The Morgan fingerprint density at radius 1 is 1.14 bits per heavy atom. The summed E-state index contributed by atoms with van der Waals surface area (Å²) in [7, 11) is 0. The second kappa shape index (κ2) is 5.64. The Kier molecular flexibility index (Phi) is 3.53. The minimum Gasteiger partial charge on any atom is -0.380 e. The predicted octanol–water partition coefficient (Wildman–Crippen LogP) is 4.03. The van der Waals surface area contributed by atoms with Gasteiger partial charge in [0.2, 0.25) is 0 Å². The molecule has 1 N–H and O–H groups in total. The molecule has 21 heavy (non-hydrogen) atoms. The number of nitrogens with one attached hydrogen (secondary N) is 1. The largest absolute Gasteiger partial charge is 0.380 e. The van der Waals surface area contributed by atoms with Gasteiger partial charge >= 0.3 is 0 Å². The molecule has 3 rings (SSSR count). The van der Waals surface area contributed by atoms with E-state index in [2.05, 4.69) is 34.6 Å². The van der Waals surface area contributed by atoms with Crippen molar-refractivity contribution in [2.45, 2.75) is 13.5 Å². The molecule has 3 nitrogen and oxygen atoms in total. The molecule has 0 atom stereocenters. The van der Waals surface area contributed by atoms with E-state index in [0.717, 1.165) is 27.7 Å². The van der Waals surface area contributed by atoms with Crippen molar-refractivity contribution in [3.8, 4) is 6.07 Å². The standard InChI is InChI=1S/C18H15N3/c1-13-7-8-15(11-19)17(10-13)21-12-16-5-2-4-14-6-3-9-20-18(14)16/h2-10,21H,12H2,1H3. The van der Waals surface area contributed by atoms with Crippen molar-refractivity contribution >= 4 is 16.6 Å². The SMILES string of the molecule is Cc1ccc(C#N)c(NCc2cccc3cccnc23)c1. The van der Waals surface area contributed by atoms with Gasteiger partial charge < -0.3 is 5.32 Å². The van der Waals surface area contributed by atoms with E-state index < -0.39 is 0 Å². The lowest BCUT2D eigenvalue weighted by Crippen LogP contribution is -2.02. The van der Waals surface area contributed by atoms with Crippen LogP contribution in [0, 0.1) is 18.3 Å². The molecular formula is C18H15N3. The number of nitriles is 1. The first-order valence-corrected chi connectivity index (χ1v) is 6.85. The number of nitrogens with zero attached hydrogens (tertiary/aromatic N) is 2. The van der Waals surface area contributed by atoms with Crippen LogP contribution in [-0.4, -0.2) is 4.98 Å². The summed E-state index contributed by atoms with van der Waals surface area (Å²) in [5, 5.41) is 13.7. The fourth-order valence-electron chi connectivity index (χ4n) is 2.40. The highest BCUT2D eigenvalue weighted by atomic mass is 14.9. The Morgan fingerprint density at radius 3 is 2.86 bits per heavy atom. The van der Waals surface area contributed by atoms with E-state index in [1.54, 1.807) is 6.20 Å². The Hall–Kier alpha value is -2.86. The number of pyridine rings is 1. The summed E-state index contributed by atoms with van der Waals surface area (Å²) in [4.78, 5) is 4.45. The lowest BCUT2D eigenvalue weighted by atomic mass is 10.1. The number of benzene rings is 2. The van der Waals surface area contributed by atoms with Gasteiger partial charge in [-0.25, -0.2) is 0 Å². The molecule has 0 bridgehead atoms. The van der Waals surface area contributed by atoms with E-state index in [1.165, 1.54) is 0 Å². The van der Waals surface area contributed by atoms with Crippen molar-refractivity contribution in [3.05, 3.63) is 71.4 Å². The summed E-state index contributed by atoms with van der Waals surface area (Å²) >= 11 is 0. The van der Waals surface area contributed by atoms with Crippen LogP contribution in [0.2, 0.25) is 0 Å². The Balaban J connectivity index is 1.91. The van der Waals surface area contributed by atoms with Gasteiger partial charge in [-0.2, -0.15) is 5.26 Å². The van der Waals surface area contributed by atoms with Gasteiger partial charge in [-0.1, -0.05) is 30.3 Å². The minimum absolute atomic E-state index is 0.645. The Labute approximate surface area is 123 Å². The molecule has 3 heteroatoms. The summed E-state index contributed by atoms with van der Waals surface area (Å²) in [5.74, 6) is 0. The van der Waals surface area contributed by atoms with E-state index in [4.69, 9.17) is 0 Å². The highest BCUT2D eigenvalue weighted by Crippen LogP contribution is 2.20. The molecule has 0 aliphatic heterocycles. The molecule has 3 aromatic rings. The van der Waals surface area contributed by atoms with Crippen LogP contribution in [0.3, 0.4) is 0 Å². The third kappa shape index (κ3) is 2.70. The second-order valence-electron chi connectivity index (χ2n) is 5.01. The van der Waals surface area contributed by atoms with Gasteiger partial charge in [0.1, 0.15) is 6.07 Å². The zero-order chi connectivity index (χ0) is 14.7. The summed E-state index contributed by atoms with van der Waals surface area (Å²) in [6.45, 7) is 2.66. The van der Waals surface area contributed by atoms with E-state index in [1.807, 2.05) is 37.3 Å². The minimum atomic E-state index is 0.645. The van der Waals surface area contributed by atoms with Crippen molar-refractivity contribution in [3.63, 3.8) is 0 Å². The first-order valence-electron chi connectivity index (χ1n) is 6.85. The quantitative estimate of drug-likeness (QED) is 0.783. The van der Waals surface area contributed by atoms with Gasteiger partial charge in [-0.3, -0.25) is 4.98 Å². The highest BCUT2D eigenvalue weighted by molar-refractivity contribution is 5.81. The van der Waals surface area contributed by atoms with Crippen LogP contribution in [0.1, 0.15) is 16.7 Å². The van der Waals surface area contributed by atoms with Crippen LogP contribution < -0.4 is 5.32 Å². The molecule has 0 unspecified atom stereocenters. The summed E-state index contributed by atoms with van der Waals surface area (Å²) < 4.78 is 0. The molecule has 0 fully saturated rings. The van der Waals surface area contributed by atoms with Crippen LogP contribution in [0.25, 0.3) is 10.9 Å². The third-order valence-corrected chi connectivity index (χ3v) is 3.48. The molecule has 0 aliphatic carbocycles. The number of para-hydroxylation sites is 1. The number of anilines is 1. The number of hydrogen-bond donors (Lipinski definition) is 1. The van der Waals surface area contributed by atoms with Crippen molar-refractivity contribution in [1.29, 1.82) is 5.26 Å². The number of aromatic nitrogens is 1. The molecule has 0 aliphatic rings. The summed E-state index contributed by atoms with van der Waals surface area (Å²) in [6, 6.07) is 18.1. The summed E-state index contributed by atoms with van der Waals surface area (Å²) in [6.07, 6.45) is 1.80. The van der Waals surface area contributed by atoms with Crippen LogP contribution >= 0.6 is 0 Å². The summed E-state index contributed by atoms with van der Waals surface area (Å²) in [5.41, 5.74) is 4.78. The van der Waals surface area contributed by atoms with E-state index >= 15 is 0 Å². The maximum atomic E-state index is 9.18. The number of fused-ring (bicyclic) bond motifs is 1. The van der Waals surface area contributed by atoms with Crippen LogP contribution in [-0.2, 0) is 6.54 Å². The Morgan fingerprint density at radius 2 is 2.00 bits per heavy atom. The molecule has 1 aromatic heterocycles.